The molecule has 2 rings (SSSR count). The molecule has 1 aliphatic rings. The highest BCUT2D eigenvalue weighted by molar-refractivity contribution is 7.09. The Morgan fingerprint density at radius 2 is 2.10 bits per heavy atom. The van der Waals surface area contributed by atoms with Crippen molar-refractivity contribution in [2.75, 3.05) is 13.1 Å². The van der Waals surface area contributed by atoms with E-state index in [0.29, 0.717) is 32.5 Å². The van der Waals surface area contributed by atoms with Gasteiger partial charge in [-0.1, -0.05) is 6.92 Å². The number of aliphatic hydroxyl groups is 1. The van der Waals surface area contributed by atoms with Crippen LogP contribution in [0.3, 0.4) is 0 Å². The molecule has 0 aliphatic carbocycles. The largest absolute Gasteiger partial charge is 0.414 e. The Labute approximate surface area is 126 Å². The highest BCUT2D eigenvalue weighted by atomic mass is 32.1. The van der Waals surface area contributed by atoms with Crippen LogP contribution in [0, 0.1) is 5.92 Å². The quantitative estimate of drug-likeness (QED) is 0.904. The molecular weight excluding hydrogens is 301 g/mol. The Morgan fingerprint density at radius 3 is 2.67 bits per heavy atom. The number of nitrogens with zero attached hydrogens (tertiary/aromatic N) is 2. The normalized spacial score (nSPS) is 19.9. The smallest absolute Gasteiger partial charge is 0.383 e. The number of hydrogen-bond donors (Lipinski definition) is 1. The number of piperidine rings is 1. The van der Waals surface area contributed by atoms with Crippen molar-refractivity contribution in [3.05, 3.63) is 16.1 Å². The minimum Gasteiger partial charge on any atom is -0.383 e. The molecule has 1 aromatic heterocycles. The number of halogens is 3. The SMILES string of the molecule is CCCc1nc(CN2CCC(C(O)C(F)(F)F)CC2)cs1. The number of aryl methyl sites for hydroxylation is 1. The number of likely N-dealkylation sites (tertiary alicyclic amines) is 1. The third-order valence-corrected chi connectivity index (χ3v) is 4.82. The van der Waals surface area contributed by atoms with Crippen molar-refractivity contribution in [2.24, 2.45) is 5.92 Å². The van der Waals surface area contributed by atoms with Crippen molar-refractivity contribution in [2.45, 2.75) is 51.4 Å². The molecule has 1 N–H and O–H groups in total. The number of hydrogen-bond acceptors (Lipinski definition) is 4. The van der Waals surface area contributed by atoms with E-state index in [4.69, 9.17) is 0 Å². The van der Waals surface area contributed by atoms with Crippen LogP contribution in [-0.2, 0) is 13.0 Å². The van der Waals surface area contributed by atoms with Gasteiger partial charge in [-0.2, -0.15) is 13.2 Å². The van der Waals surface area contributed by atoms with Crippen LogP contribution >= 0.6 is 11.3 Å². The molecule has 0 bridgehead atoms. The van der Waals surface area contributed by atoms with Crippen LogP contribution in [0.15, 0.2) is 5.38 Å². The first-order valence-corrected chi connectivity index (χ1v) is 8.18. The molecule has 1 aliphatic heterocycles. The van der Waals surface area contributed by atoms with Gasteiger partial charge < -0.3 is 5.11 Å². The first-order valence-electron chi connectivity index (χ1n) is 7.30. The lowest BCUT2D eigenvalue weighted by molar-refractivity contribution is -0.223. The lowest BCUT2D eigenvalue weighted by Gasteiger charge is -2.34. The number of aliphatic hydroxyl groups excluding tert-OH is 1. The Balaban J connectivity index is 1.81. The third-order valence-electron chi connectivity index (χ3n) is 3.86. The summed E-state index contributed by atoms with van der Waals surface area (Å²) < 4.78 is 37.4. The summed E-state index contributed by atoms with van der Waals surface area (Å²) in [4.78, 5) is 6.65. The van der Waals surface area contributed by atoms with Gasteiger partial charge in [-0.25, -0.2) is 4.98 Å². The van der Waals surface area contributed by atoms with E-state index in [-0.39, 0.29) is 0 Å². The van der Waals surface area contributed by atoms with Crippen LogP contribution in [0.4, 0.5) is 13.2 Å². The number of thiazole rings is 1. The number of alkyl halides is 3. The second-order valence-corrected chi connectivity index (χ2v) is 6.53. The van der Waals surface area contributed by atoms with Crippen molar-refractivity contribution in [3.63, 3.8) is 0 Å². The fourth-order valence-electron chi connectivity index (χ4n) is 2.67. The molecule has 2 heterocycles. The molecule has 0 spiro atoms. The van der Waals surface area contributed by atoms with Gasteiger partial charge in [0.05, 0.1) is 10.7 Å². The standard InChI is InChI=1S/C14H21F3N2OS/c1-2-3-12-18-11(9-21-12)8-19-6-4-10(5-7-19)13(20)14(15,16)17/h9-10,13,20H,2-8H2,1H3. The van der Waals surface area contributed by atoms with Gasteiger partial charge in [-0.3, -0.25) is 4.90 Å². The van der Waals surface area contributed by atoms with Crippen molar-refractivity contribution < 1.29 is 18.3 Å². The van der Waals surface area contributed by atoms with E-state index in [1.807, 2.05) is 5.38 Å². The zero-order valence-corrected chi connectivity index (χ0v) is 12.9. The summed E-state index contributed by atoms with van der Waals surface area (Å²) in [7, 11) is 0. The molecule has 1 aromatic rings. The van der Waals surface area contributed by atoms with E-state index >= 15 is 0 Å². The maximum atomic E-state index is 12.5. The highest BCUT2D eigenvalue weighted by Crippen LogP contribution is 2.31. The molecule has 120 valence electrons. The average molecular weight is 322 g/mol. The van der Waals surface area contributed by atoms with Gasteiger partial charge >= 0.3 is 6.18 Å². The van der Waals surface area contributed by atoms with E-state index in [9.17, 15) is 18.3 Å². The average Bonchev–Trinajstić information content (AvgIpc) is 2.86. The molecule has 7 heteroatoms. The molecule has 0 saturated carbocycles. The molecule has 3 nitrogen and oxygen atoms in total. The van der Waals surface area contributed by atoms with E-state index in [1.54, 1.807) is 11.3 Å². The summed E-state index contributed by atoms with van der Waals surface area (Å²) in [5.41, 5.74) is 0.998. The van der Waals surface area contributed by atoms with Gasteiger partial charge in [0.25, 0.3) is 0 Å². The summed E-state index contributed by atoms with van der Waals surface area (Å²) in [6.07, 6.45) is -3.89. The van der Waals surface area contributed by atoms with Gasteiger partial charge in [-0.15, -0.1) is 11.3 Å². The van der Waals surface area contributed by atoms with E-state index in [2.05, 4.69) is 16.8 Å². The minimum absolute atomic E-state index is 0.382. The van der Waals surface area contributed by atoms with E-state index < -0.39 is 18.2 Å². The molecule has 0 radical (unpaired) electrons. The predicted molar refractivity (Wildman–Crippen MR) is 76.2 cm³/mol. The van der Waals surface area contributed by atoms with Crippen LogP contribution in [0.5, 0.6) is 0 Å². The predicted octanol–water partition coefficient (Wildman–Crippen LogP) is 3.23. The Morgan fingerprint density at radius 1 is 1.43 bits per heavy atom. The lowest BCUT2D eigenvalue weighted by Crippen LogP contribution is -2.43. The topological polar surface area (TPSA) is 36.4 Å². The molecular formula is C14H21F3N2OS. The first-order chi connectivity index (χ1) is 9.90. The monoisotopic (exact) mass is 322 g/mol. The zero-order valence-electron chi connectivity index (χ0n) is 12.1. The Hall–Kier alpha value is -0.660. The first kappa shape index (κ1) is 16.7. The second kappa shape index (κ2) is 7.07. The summed E-state index contributed by atoms with van der Waals surface area (Å²) in [6, 6.07) is 0. The Bertz CT molecular complexity index is 442. The van der Waals surface area contributed by atoms with Gasteiger partial charge in [-0.05, 0) is 44.7 Å². The zero-order chi connectivity index (χ0) is 15.5. The lowest BCUT2D eigenvalue weighted by atomic mass is 9.91. The van der Waals surface area contributed by atoms with Gasteiger partial charge in [0.2, 0.25) is 0 Å². The van der Waals surface area contributed by atoms with Gasteiger partial charge in [0.1, 0.15) is 0 Å². The molecule has 1 unspecified atom stereocenters. The molecule has 1 atom stereocenters. The van der Waals surface area contributed by atoms with E-state index in [0.717, 1.165) is 23.5 Å². The summed E-state index contributed by atoms with van der Waals surface area (Å²) in [6.45, 7) is 3.96. The van der Waals surface area contributed by atoms with Crippen molar-refractivity contribution >= 4 is 11.3 Å². The highest BCUT2D eigenvalue weighted by Gasteiger charge is 2.44. The van der Waals surface area contributed by atoms with Crippen LogP contribution in [-0.4, -0.2) is 40.4 Å². The summed E-state index contributed by atoms with van der Waals surface area (Å²) in [5, 5.41) is 12.4. The van der Waals surface area contributed by atoms with Crippen molar-refractivity contribution in [3.8, 4) is 0 Å². The fraction of sp³-hybridized carbons (Fsp3) is 0.786. The summed E-state index contributed by atoms with van der Waals surface area (Å²) in [5.74, 6) is -0.674. The van der Waals surface area contributed by atoms with Crippen LogP contribution < -0.4 is 0 Å². The van der Waals surface area contributed by atoms with Gasteiger partial charge in [0, 0.05) is 11.9 Å². The maximum Gasteiger partial charge on any atom is 0.414 e. The van der Waals surface area contributed by atoms with E-state index in [1.165, 1.54) is 0 Å². The maximum absolute atomic E-state index is 12.5. The minimum atomic E-state index is -4.50. The molecule has 0 amide bonds. The summed E-state index contributed by atoms with van der Waals surface area (Å²) >= 11 is 1.64. The third kappa shape index (κ3) is 4.66. The fourth-order valence-corrected chi connectivity index (χ4v) is 3.56. The Kier molecular flexibility index (Phi) is 5.62. The van der Waals surface area contributed by atoms with Crippen LogP contribution in [0.1, 0.15) is 36.9 Å². The second-order valence-electron chi connectivity index (χ2n) is 5.58. The molecule has 0 aromatic carbocycles. The van der Waals surface area contributed by atoms with Crippen LogP contribution in [0.25, 0.3) is 0 Å². The van der Waals surface area contributed by atoms with Crippen molar-refractivity contribution in [1.82, 2.24) is 9.88 Å². The molecule has 21 heavy (non-hydrogen) atoms. The molecule has 1 saturated heterocycles. The number of aromatic nitrogens is 1. The van der Waals surface area contributed by atoms with Gasteiger partial charge in [0.15, 0.2) is 6.10 Å². The van der Waals surface area contributed by atoms with Crippen LogP contribution in [0.2, 0.25) is 0 Å². The van der Waals surface area contributed by atoms with Crippen molar-refractivity contribution in [1.29, 1.82) is 0 Å². The molecule has 1 fully saturated rings. The number of rotatable bonds is 5.